The Bertz CT molecular complexity index is 494. The lowest BCUT2D eigenvalue weighted by Crippen LogP contribution is -2.51. The lowest BCUT2D eigenvalue weighted by atomic mass is 10.1. The van der Waals surface area contributed by atoms with Gasteiger partial charge in [0.1, 0.15) is 4.60 Å². The van der Waals surface area contributed by atoms with Gasteiger partial charge in [0.05, 0.1) is 5.56 Å². The molecule has 0 spiro atoms. The van der Waals surface area contributed by atoms with Crippen LogP contribution < -0.4 is 0 Å². The number of rotatable bonds is 2. The first kappa shape index (κ1) is 15.0. The molecule has 0 aliphatic carbocycles. The molecule has 1 fully saturated rings. The zero-order valence-electron chi connectivity index (χ0n) is 11.7. The van der Waals surface area contributed by atoms with Crippen molar-refractivity contribution in [2.75, 3.05) is 26.2 Å². The summed E-state index contributed by atoms with van der Waals surface area (Å²) in [6, 6.07) is 3.51. The number of amides is 2. The van der Waals surface area contributed by atoms with E-state index >= 15 is 0 Å². The van der Waals surface area contributed by atoms with E-state index < -0.39 is 0 Å². The number of halogens is 1. The van der Waals surface area contributed by atoms with Crippen LogP contribution in [0.3, 0.4) is 0 Å². The predicted molar refractivity (Wildman–Crippen MR) is 79.3 cm³/mol. The van der Waals surface area contributed by atoms with Crippen LogP contribution in [0.25, 0.3) is 0 Å². The third-order valence-electron chi connectivity index (χ3n) is 3.35. The van der Waals surface area contributed by atoms with Crippen molar-refractivity contribution in [2.24, 2.45) is 5.92 Å². The third-order valence-corrected chi connectivity index (χ3v) is 3.82. The number of carbonyl (C=O) groups excluding carboxylic acids is 2. The van der Waals surface area contributed by atoms with E-state index in [1.807, 2.05) is 18.7 Å². The number of nitrogens with zero attached hydrogens (tertiary/aromatic N) is 3. The first-order chi connectivity index (χ1) is 9.49. The lowest BCUT2D eigenvalue weighted by Gasteiger charge is -2.35. The van der Waals surface area contributed by atoms with Crippen molar-refractivity contribution in [1.82, 2.24) is 14.8 Å². The topological polar surface area (TPSA) is 53.5 Å². The van der Waals surface area contributed by atoms with Gasteiger partial charge in [0.25, 0.3) is 5.91 Å². The maximum absolute atomic E-state index is 12.3. The van der Waals surface area contributed by atoms with Crippen LogP contribution in [0.15, 0.2) is 22.9 Å². The van der Waals surface area contributed by atoms with E-state index in [2.05, 4.69) is 20.9 Å². The average Bonchev–Trinajstić information content (AvgIpc) is 2.46. The van der Waals surface area contributed by atoms with Crippen molar-refractivity contribution in [1.29, 1.82) is 0 Å². The van der Waals surface area contributed by atoms with Gasteiger partial charge in [0.2, 0.25) is 5.91 Å². The fraction of sp³-hybridized carbons (Fsp3) is 0.500. The molecular formula is C14H18BrN3O2. The third kappa shape index (κ3) is 3.36. The second kappa shape index (κ2) is 6.35. The first-order valence-corrected chi connectivity index (χ1v) is 7.48. The molecule has 0 atom stereocenters. The summed E-state index contributed by atoms with van der Waals surface area (Å²) in [6.45, 7) is 6.15. The molecule has 6 heteroatoms. The molecule has 1 aromatic rings. The van der Waals surface area contributed by atoms with Crippen molar-refractivity contribution in [3.63, 3.8) is 0 Å². The molecule has 0 N–H and O–H groups in total. The molecule has 108 valence electrons. The summed E-state index contributed by atoms with van der Waals surface area (Å²) in [6.07, 6.45) is 1.57. The van der Waals surface area contributed by atoms with E-state index in [0.29, 0.717) is 36.3 Å². The molecule has 2 amide bonds. The Morgan fingerprint density at radius 1 is 1.15 bits per heavy atom. The Labute approximate surface area is 127 Å². The summed E-state index contributed by atoms with van der Waals surface area (Å²) in [5, 5.41) is 0. The predicted octanol–water partition coefficient (Wildman–Crippen LogP) is 1.78. The van der Waals surface area contributed by atoms with Gasteiger partial charge in [-0.15, -0.1) is 0 Å². The van der Waals surface area contributed by atoms with E-state index in [9.17, 15) is 9.59 Å². The van der Waals surface area contributed by atoms with Crippen molar-refractivity contribution in [3.8, 4) is 0 Å². The van der Waals surface area contributed by atoms with Gasteiger partial charge >= 0.3 is 0 Å². The van der Waals surface area contributed by atoms with Gasteiger partial charge in [-0.3, -0.25) is 9.59 Å². The molecule has 0 bridgehead atoms. The molecule has 2 rings (SSSR count). The SMILES string of the molecule is CC(C)C(=O)N1CCN(C(=O)c2ccc(Br)nc2)CC1. The highest BCUT2D eigenvalue weighted by Gasteiger charge is 2.25. The minimum atomic E-state index is -0.0263. The molecule has 0 saturated carbocycles. The summed E-state index contributed by atoms with van der Waals surface area (Å²) in [5.41, 5.74) is 0.580. The molecule has 1 aromatic heterocycles. The van der Waals surface area contributed by atoms with Gasteiger partial charge in [0.15, 0.2) is 0 Å². The standard InChI is InChI=1S/C14H18BrN3O2/c1-10(2)13(19)17-5-7-18(8-6-17)14(20)11-3-4-12(15)16-9-11/h3-4,9-10H,5-8H2,1-2H3. The quantitative estimate of drug-likeness (QED) is 0.772. The summed E-state index contributed by atoms with van der Waals surface area (Å²) in [5.74, 6) is 0.136. The molecule has 5 nitrogen and oxygen atoms in total. The van der Waals surface area contributed by atoms with E-state index in [4.69, 9.17) is 0 Å². The Kier molecular flexibility index (Phi) is 4.75. The van der Waals surface area contributed by atoms with Crippen LogP contribution in [0, 0.1) is 5.92 Å². The Morgan fingerprint density at radius 3 is 2.25 bits per heavy atom. The molecule has 20 heavy (non-hydrogen) atoms. The van der Waals surface area contributed by atoms with Crippen molar-refractivity contribution < 1.29 is 9.59 Å². The molecule has 1 aliphatic rings. The summed E-state index contributed by atoms with van der Waals surface area (Å²) in [7, 11) is 0. The number of hydrogen-bond acceptors (Lipinski definition) is 3. The number of hydrogen-bond donors (Lipinski definition) is 0. The zero-order valence-corrected chi connectivity index (χ0v) is 13.3. The minimum absolute atomic E-state index is 0.00734. The van der Waals surface area contributed by atoms with E-state index in [0.717, 1.165) is 0 Å². The molecule has 1 saturated heterocycles. The first-order valence-electron chi connectivity index (χ1n) is 6.68. The minimum Gasteiger partial charge on any atom is -0.339 e. The van der Waals surface area contributed by atoms with Gasteiger partial charge in [0, 0.05) is 38.3 Å². The molecule has 0 aromatic carbocycles. The Balaban J connectivity index is 1.95. The number of pyridine rings is 1. The van der Waals surface area contributed by atoms with Crippen LogP contribution in [-0.2, 0) is 4.79 Å². The highest BCUT2D eigenvalue weighted by atomic mass is 79.9. The van der Waals surface area contributed by atoms with Crippen molar-refractivity contribution in [3.05, 3.63) is 28.5 Å². The number of piperazine rings is 1. The van der Waals surface area contributed by atoms with Gasteiger partial charge in [-0.05, 0) is 28.1 Å². The van der Waals surface area contributed by atoms with Crippen LogP contribution in [0.1, 0.15) is 24.2 Å². The van der Waals surface area contributed by atoms with Crippen LogP contribution in [0.5, 0.6) is 0 Å². The Morgan fingerprint density at radius 2 is 1.75 bits per heavy atom. The maximum atomic E-state index is 12.3. The largest absolute Gasteiger partial charge is 0.339 e. The van der Waals surface area contributed by atoms with Gasteiger partial charge in [-0.2, -0.15) is 0 Å². The monoisotopic (exact) mass is 339 g/mol. The second-order valence-corrected chi connectivity index (χ2v) is 5.95. The molecule has 0 unspecified atom stereocenters. The molecule has 1 aliphatic heterocycles. The lowest BCUT2D eigenvalue weighted by molar-refractivity contribution is -0.135. The van der Waals surface area contributed by atoms with E-state index in [-0.39, 0.29) is 17.7 Å². The summed E-state index contributed by atoms with van der Waals surface area (Å²) in [4.78, 5) is 31.8. The fourth-order valence-electron chi connectivity index (χ4n) is 2.18. The molecule has 0 radical (unpaired) electrons. The van der Waals surface area contributed by atoms with Crippen LogP contribution in [0.2, 0.25) is 0 Å². The van der Waals surface area contributed by atoms with E-state index in [1.54, 1.807) is 23.2 Å². The van der Waals surface area contributed by atoms with Crippen molar-refractivity contribution in [2.45, 2.75) is 13.8 Å². The van der Waals surface area contributed by atoms with Gasteiger partial charge in [-0.1, -0.05) is 13.8 Å². The maximum Gasteiger partial charge on any atom is 0.255 e. The van der Waals surface area contributed by atoms with Gasteiger partial charge in [-0.25, -0.2) is 4.98 Å². The number of aromatic nitrogens is 1. The average molecular weight is 340 g/mol. The van der Waals surface area contributed by atoms with Crippen molar-refractivity contribution >= 4 is 27.7 Å². The second-order valence-electron chi connectivity index (χ2n) is 5.14. The number of carbonyl (C=O) groups is 2. The molecule has 2 heterocycles. The fourth-order valence-corrected chi connectivity index (χ4v) is 2.41. The Hall–Kier alpha value is -1.43. The summed E-state index contributed by atoms with van der Waals surface area (Å²) < 4.78 is 0.710. The summed E-state index contributed by atoms with van der Waals surface area (Å²) >= 11 is 3.25. The smallest absolute Gasteiger partial charge is 0.255 e. The van der Waals surface area contributed by atoms with E-state index in [1.165, 1.54) is 0 Å². The zero-order chi connectivity index (χ0) is 14.7. The van der Waals surface area contributed by atoms with Crippen LogP contribution in [0.4, 0.5) is 0 Å². The van der Waals surface area contributed by atoms with Crippen LogP contribution in [-0.4, -0.2) is 52.8 Å². The van der Waals surface area contributed by atoms with Gasteiger partial charge < -0.3 is 9.80 Å². The molecular weight excluding hydrogens is 322 g/mol. The van der Waals surface area contributed by atoms with Crippen LogP contribution >= 0.6 is 15.9 Å². The highest BCUT2D eigenvalue weighted by molar-refractivity contribution is 9.10. The normalized spacial score (nSPS) is 15.6. The highest BCUT2D eigenvalue weighted by Crippen LogP contribution is 2.12.